The smallest absolute Gasteiger partial charge is 0.257 e. The van der Waals surface area contributed by atoms with Crippen LogP contribution in [0.4, 0.5) is 5.69 Å². The summed E-state index contributed by atoms with van der Waals surface area (Å²) in [4.78, 5) is 18.0. The molecule has 23 heavy (non-hydrogen) atoms. The second-order valence-electron chi connectivity index (χ2n) is 5.50. The minimum Gasteiger partial charge on any atom is -0.420 e. The van der Waals surface area contributed by atoms with E-state index in [0.29, 0.717) is 23.3 Å². The molecule has 7 heteroatoms. The lowest BCUT2D eigenvalue weighted by atomic mass is 10.2. The Labute approximate surface area is 136 Å². The van der Waals surface area contributed by atoms with Crippen molar-refractivity contribution >= 4 is 22.9 Å². The van der Waals surface area contributed by atoms with Crippen LogP contribution < -0.4 is 5.32 Å². The van der Waals surface area contributed by atoms with Crippen LogP contribution in [0, 0.1) is 6.92 Å². The number of carbonyl (C=O) groups is 1. The summed E-state index contributed by atoms with van der Waals surface area (Å²) in [5.74, 6) is 1.48. The molecule has 3 aromatic heterocycles. The first-order valence-electron chi connectivity index (χ1n) is 7.36. The van der Waals surface area contributed by atoms with Crippen LogP contribution in [0.25, 0.3) is 10.8 Å². The van der Waals surface area contributed by atoms with Gasteiger partial charge in [-0.1, -0.05) is 0 Å². The highest BCUT2D eigenvalue weighted by Crippen LogP contribution is 2.41. The second kappa shape index (κ2) is 5.58. The summed E-state index contributed by atoms with van der Waals surface area (Å²) < 4.78 is 5.72. The first-order valence-corrected chi connectivity index (χ1v) is 8.18. The van der Waals surface area contributed by atoms with Crippen molar-refractivity contribution in [2.45, 2.75) is 25.7 Å². The molecule has 1 aliphatic rings. The molecule has 0 saturated heterocycles. The van der Waals surface area contributed by atoms with Gasteiger partial charge >= 0.3 is 0 Å². The highest BCUT2D eigenvalue weighted by molar-refractivity contribution is 7.15. The van der Waals surface area contributed by atoms with Crippen LogP contribution >= 0.6 is 11.3 Å². The molecule has 0 aromatic carbocycles. The van der Waals surface area contributed by atoms with Crippen LogP contribution in [0.1, 0.15) is 39.9 Å². The van der Waals surface area contributed by atoms with Crippen molar-refractivity contribution in [3.05, 3.63) is 46.9 Å². The first kappa shape index (κ1) is 14.1. The number of carbonyl (C=O) groups excluding carboxylic acids is 1. The molecular formula is C16H14N4O2S. The lowest BCUT2D eigenvalue weighted by Crippen LogP contribution is -2.11. The Morgan fingerprint density at radius 1 is 1.39 bits per heavy atom. The number of hydrogen-bond acceptors (Lipinski definition) is 6. The second-order valence-corrected chi connectivity index (χ2v) is 6.75. The molecule has 6 nitrogen and oxygen atoms in total. The summed E-state index contributed by atoms with van der Waals surface area (Å²) in [6.45, 7) is 1.95. The molecule has 0 atom stereocenters. The van der Waals surface area contributed by atoms with E-state index >= 15 is 0 Å². The number of rotatable bonds is 4. The Bertz CT molecular complexity index is 852. The third-order valence-electron chi connectivity index (χ3n) is 3.67. The first-order chi connectivity index (χ1) is 11.2. The van der Waals surface area contributed by atoms with Crippen LogP contribution in [-0.4, -0.2) is 21.1 Å². The van der Waals surface area contributed by atoms with Crippen molar-refractivity contribution in [1.82, 2.24) is 15.2 Å². The van der Waals surface area contributed by atoms with Gasteiger partial charge in [0.05, 0.1) is 16.1 Å². The lowest BCUT2D eigenvalue weighted by molar-refractivity contribution is 0.102. The zero-order valence-electron chi connectivity index (χ0n) is 12.4. The predicted octanol–water partition coefficient (Wildman–Crippen LogP) is 3.63. The fourth-order valence-electron chi connectivity index (χ4n) is 2.23. The average molecular weight is 326 g/mol. The van der Waals surface area contributed by atoms with Crippen molar-refractivity contribution in [2.75, 3.05) is 5.32 Å². The third kappa shape index (κ3) is 2.87. The number of thiophene rings is 1. The highest BCUT2D eigenvalue weighted by Gasteiger charge is 2.29. The molecule has 0 radical (unpaired) electrons. The normalized spacial score (nSPS) is 14.0. The van der Waals surface area contributed by atoms with E-state index in [4.69, 9.17) is 4.42 Å². The standard InChI is InChI=1S/C16H14N4O2S/c1-9-12(18-14(21)11-3-2-6-17-8-11)7-13(23-9)16-20-19-15(22-16)10-4-5-10/h2-3,6-8,10H,4-5H2,1H3,(H,18,21). The van der Waals surface area contributed by atoms with Gasteiger partial charge in [-0.05, 0) is 38.0 Å². The number of amides is 1. The van der Waals surface area contributed by atoms with E-state index < -0.39 is 0 Å². The fraction of sp³-hybridized carbons (Fsp3) is 0.250. The molecule has 0 bridgehead atoms. The van der Waals surface area contributed by atoms with Gasteiger partial charge in [-0.2, -0.15) is 0 Å². The third-order valence-corrected chi connectivity index (χ3v) is 4.71. The Kier molecular flexibility index (Phi) is 3.42. The van der Waals surface area contributed by atoms with Crippen molar-refractivity contribution < 1.29 is 9.21 Å². The van der Waals surface area contributed by atoms with Crippen LogP contribution in [-0.2, 0) is 0 Å². The molecule has 0 spiro atoms. The van der Waals surface area contributed by atoms with Crippen LogP contribution in [0.15, 0.2) is 35.0 Å². The zero-order chi connectivity index (χ0) is 15.8. The predicted molar refractivity (Wildman–Crippen MR) is 86.5 cm³/mol. The molecule has 3 aromatic rings. The van der Waals surface area contributed by atoms with Gasteiger partial charge in [-0.25, -0.2) is 0 Å². The monoisotopic (exact) mass is 326 g/mol. The van der Waals surface area contributed by atoms with E-state index in [9.17, 15) is 4.79 Å². The molecule has 1 N–H and O–H groups in total. The summed E-state index contributed by atoms with van der Waals surface area (Å²) in [7, 11) is 0. The SMILES string of the molecule is Cc1sc(-c2nnc(C3CC3)o2)cc1NC(=O)c1cccnc1. The van der Waals surface area contributed by atoms with E-state index in [1.807, 2.05) is 13.0 Å². The van der Waals surface area contributed by atoms with Crippen LogP contribution in [0.2, 0.25) is 0 Å². The van der Waals surface area contributed by atoms with Gasteiger partial charge in [0.15, 0.2) is 0 Å². The molecule has 1 saturated carbocycles. The molecule has 4 rings (SSSR count). The molecule has 1 aliphatic carbocycles. The van der Waals surface area contributed by atoms with E-state index in [2.05, 4.69) is 20.5 Å². The summed E-state index contributed by atoms with van der Waals surface area (Å²) in [5, 5.41) is 11.1. The number of nitrogens with one attached hydrogen (secondary N) is 1. The quantitative estimate of drug-likeness (QED) is 0.792. The van der Waals surface area contributed by atoms with Gasteiger partial charge in [0.2, 0.25) is 5.89 Å². The van der Waals surface area contributed by atoms with Gasteiger partial charge in [0.25, 0.3) is 11.8 Å². The number of nitrogens with zero attached hydrogens (tertiary/aromatic N) is 3. The summed E-state index contributed by atoms with van der Waals surface area (Å²) in [6, 6.07) is 5.34. The molecule has 116 valence electrons. The van der Waals surface area contributed by atoms with Crippen LogP contribution in [0.3, 0.4) is 0 Å². The van der Waals surface area contributed by atoms with Crippen molar-refractivity contribution in [3.8, 4) is 10.8 Å². The van der Waals surface area contributed by atoms with E-state index in [-0.39, 0.29) is 5.91 Å². The minimum atomic E-state index is -0.185. The van der Waals surface area contributed by atoms with Gasteiger partial charge in [-0.15, -0.1) is 21.5 Å². The fourth-order valence-corrected chi connectivity index (χ4v) is 3.13. The van der Waals surface area contributed by atoms with Crippen LogP contribution in [0.5, 0.6) is 0 Å². The van der Waals surface area contributed by atoms with E-state index in [1.165, 1.54) is 17.5 Å². The number of hydrogen-bond donors (Lipinski definition) is 1. The average Bonchev–Trinajstić information content (AvgIpc) is 3.19. The van der Waals surface area contributed by atoms with E-state index in [1.54, 1.807) is 18.3 Å². The molecule has 3 heterocycles. The Morgan fingerprint density at radius 2 is 2.26 bits per heavy atom. The van der Waals surface area contributed by atoms with Gasteiger partial charge in [-0.3, -0.25) is 9.78 Å². The largest absolute Gasteiger partial charge is 0.420 e. The van der Waals surface area contributed by atoms with E-state index in [0.717, 1.165) is 28.3 Å². The number of pyridine rings is 1. The maximum Gasteiger partial charge on any atom is 0.257 e. The molecule has 0 aliphatic heterocycles. The maximum atomic E-state index is 12.2. The Balaban J connectivity index is 1.55. The molecule has 1 amide bonds. The number of aryl methyl sites for hydroxylation is 1. The summed E-state index contributed by atoms with van der Waals surface area (Å²) in [5.41, 5.74) is 1.28. The number of aromatic nitrogens is 3. The maximum absolute atomic E-state index is 12.2. The molecule has 1 fully saturated rings. The zero-order valence-corrected chi connectivity index (χ0v) is 13.3. The lowest BCUT2D eigenvalue weighted by Gasteiger charge is -2.03. The summed E-state index contributed by atoms with van der Waals surface area (Å²) >= 11 is 1.52. The minimum absolute atomic E-state index is 0.185. The van der Waals surface area contributed by atoms with Crippen molar-refractivity contribution in [3.63, 3.8) is 0 Å². The molecular weight excluding hydrogens is 312 g/mol. The highest BCUT2D eigenvalue weighted by atomic mass is 32.1. The molecule has 0 unspecified atom stereocenters. The Morgan fingerprint density at radius 3 is 3.00 bits per heavy atom. The van der Waals surface area contributed by atoms with Crippen molar-refractivity contribution in [1.29, 1.82) is 0 Å². The Hall–Kier alpha value is -2.54. The summed E-state index contributed by atoms with van der Waals surface area (Å²) in [6.07, 6.45) is 5.42. The van der Waals surface area contributed by atoms with Crippen molar-refractivity contribution in [2.24, 2.45) is 0 Å². The van der Waals surface area contributed by atoms with Gasteiger partial charge < -0.3 is 9.73 Å². The topological polar surface area (TPSA) is 80.9 Å². The van der Waals surface area contributed by atoms with Gasteiger partial charge in [0.1, 0.15) is 0 Å². The number of anilines is 1. The van der Waals surface area contributed by atoms with Gasteiger partial charge in [0, 0.05) is 23.2 Å².